The number of alkyl halides is 3. The van der Waals surface area contributed by atoms with Gasteiger partial charge in [0.05, 0.1) is 36.5 Å². The zero-order valence-corrected chi connectivity index (χ0v) is 34.3. The second-order valence-corrected chi connectivity index (χ2v) is 21.1. The van der Waals surface area contributed by atoms with E-state index in [1.165, 1.54) is 6.34 Å². The van der Waals surface area contributed by atoms with Gasteiger partial charge in [0.25, 0.3) is 13.9 Å². The highest BCUT2D eigenvalue weighted by atomic mass is 33.1. The molecular weight excluding hydrogens is 770 g/mol. The third-order valence-corrected chi connectivity index (χ3v) is 15.8. The summed E-state index contributed by atoms with van der Waals surface area (Å²) in [4.78, 5) is 38.1. The Bertz CT molecular complexity index is 2040. The molecule has 0 radical (unpaired) electrons. The first-order chi connectivity index (χ1) is 26.0. The summed E-state index contributed by atoms with van der Waals surface area (Å²) in [6.07, 6.45) is -1.33. The molecule has 17 heteroatoms. The van der Waals surface area contributed by atoms with Crippen molar-refractivity contribution in [3.8, 4) is 11.8 Å². The number of aromatic amines is 1. The highest BCUT2D eigenvalue weighted by molar-refractivity contribution is 8.76. The molecule has 4 atom stereocenters. The zero-order valence-electron chi connectivity index (χ0n) is 31.6. The smallest absolute Gasteiger partial charge is 0.405 e. The van der Waals surface area contributed by atoms with Gasteiger partial charge in [-0.3, -0.25) is 14.6 Å². The van der Waals surface area contributed by atoms with Gasteiger partial charge in [0, 0.05) is 26.7 Å². The van der Waals surface area contributed by atoms with Crippen LogP contribution in [0.1, 0.15) is 45.9 Å². The van der Waals surface area contributed by atoms with Crippen molar-refractivity contribution in [2.24, 2.45) is 4.99 Å². The Balaban J connectivity index is 1.56. The molecule has 4 aromatic rings. The van der Waals surface area contributed by atoms with E-state index in [4.69, 9.17) is 13.9 Å². The topological polar surface area (TPSA) is 123 Å². The van der Waals surface area contributed by atoms with E-state index in [2.05, 4.69) is 71.8 Å². The zero-order chi connectivity index (χ0) is 40.0. The fourth-order valence-electron chi connectivity index (χ4n) is 6.59. The quantitative estimate of drug-likeness (QED) is 0.0445. The summed E-state index contributed by atoms with van der Waals surface area (Å²) in [5.74, 6) is 3.19. The van der Waals surface area contributed by atoms with Gasteiger partial charge in [-0.25, -0.2) is 4.99 Å². The lowest BCUT2D eigenvalue weighted by atomic mass is 10.2. The van der Waals surface area contributed by atoms with Gasteiger partial charge >= 0.3 is 12.1 Å². The number of amides is 1. The summed E-state index contributed by atoms with van der Waals surface area (Å²) >= 11 is 0. The molecule has 3 heterocycles. The van der Waals surface area contributed by atoms with E-state index in [-0.39, 0.29) is 39.6 Å². The average Bonchev–Trinajstić information content (AvgIpc) is 3.70. The number of carbonyl (C=O) groups excluding carboxylic acids is 1. The van der Waals surface area contributed by atoms with Crippen LogP contribution in [-0.2, 0) is 18.7 Å². The van der Waals surface area contributed by atoms with Crippen molar-refractivity contribution in [2.75, 3.05) is 33.5 Å². The molecule has 2 N–H and O–H groups in total. The molecule has 1 saturated heterocycles. The molecule has 1 amide bonds. The maximum Gasteiger partial charge on any atom is 0.471 e. The summed E-state index contributed by atoms with van der Waals surface area (Å²) in [6, 6.07) is 20.6. The van der Waals surface area contributed by atoms with Crippen LogP contribution in [0.15, 0.2) is 76.6 Å². The summed E-state index contributed by atoms with van der Waals surface area (Å²) in [5.41, 5.74) is -0.351. The average molecular weight is 815 g/mol. The Kier molecular flexibility index (Phi) is 13.6. The predicted molar refractivity (Wildman–Crippen MR) is 216 cm³/mol. The fourth-order valence-corrected chi connectivity index (χ4v) is 12.6. The van der Waals surface area contributed by atoms with E-state index in [0.29, 0.717) is 6.42 Å². The van der Waals surface area contributed by atoms with Crippen LogP contribution in [0.3, 0.4) is 0 Å². The molecule has 2 aromatic carbocycles. The minimum absolute atomic E-state index is 0.0323. The van der Waals surface area contributed by atoms with Crippen molar-refractivity contribution in [3.63, 3.8) is 0 Å². The van der Waals surface area contributed by atoms with Crippen LogP contribution in [0.4, 0.5) is 19.1 Å². The van der Waals surface area contributed by atoms with Gasteiger partial charge in [0.2, 0.25) is 5.95 Å². The van der Waals surface area contributed by atoms with Crippen LogP contribution in [0.2, 0.25) is 5.04 Å². The first kappa shape index (κ1) is 42.1. The number of aliphatic imine (C=N–C) groups is 1. The molecule has 1 fully saturated rings. The van der Waals surface area contributed by atoms with Gasteiger partial charge in [-0.2, -0.15) is 18.2 Å². The van der Waals surface area contributed by atoms with Crippen molar-refractivity contribution in [1.82, 2.24) is 24.8 Å². The Morgan fingerprint density at radius 3 is 2.36 bits per heavy atom. The van der Waals surface area contributed by atoms with Crippen molar-refractivity contribution in [1.29, 1.82) is 0 Å². The minimum Gasteiger partial charge on any atom is -0.405 e. The maximum atomic E-state index is 13.5. The molecule has 0 aliphatic carbocycles. The highest BCUT2D eigenvalue weighted by Gasteiger charge is 2.51. The van der Waals surface area contributed by atoms with Crippen molar-refractivity contribution in [3.05, 3.63) is 82.8 Å². The van der Waals surface area contributed by atoms with Gasteiger partial charge in [-0.05, 0) is 28.6 Å². The Hall–Kier alpha value is -4.05. The second kappa shape index (κ2) is 17.8. The molecule has 0 bridgehead atoms. The van der Waals surface area contributed by atoms with Gasteiger partial charge in [-0.1, -0.05) is 115 Å². The number of hydrogen-bond donors (Lipinski definition) is 2. The van der Waals surface area contributed by atoms with Crippen LogP contribution in [-0.4, -0.2) is 97.3 Å². The van der Waals surface area contributed by atoms with Gasteiger partial charge in [0.1, 0.15) is 17.8 Å². The molecule has 0 saturated carbocycles. The van der Waals surface area contributed by atoms with Crippen LogP contribution < -0.4 is 21.2 Å². The highest BCUT2D eigenvalue weighted by Crippen LogP contribution is 2.40. The lowest BCUT2D eigenvalue weighted by Crippen LogP contribution is -2.67. The predicted octanol–water partition coefficient (Wildman–Crippen LogP) is 5.58. The van der Waals surface area contributed by atoms with E-state index in [1.807, 2.05) is 49.6 Å². The Labute approximate surface area is 327 Å². The largest absolute Gasteiger partial charge is 0.471 e. The first-order valence-corrected chi connectivity index (χ1v) is 22.0. The van der Waals surface area contributed by atoms with Crippen LogP contribution in [0.25, 0.3) is 11.0 Å². The fraction of sp³-hybridized carbons (Fsp3) is 0.421. The van der Waals surface area contributed by atoms with Crippen LogP contribution in [0, 0.1) is 11.8 Å². The lowest BCUT2D eigenvalue weighted by Gasteiger charge is -2.43. The monoisotopic (exact) mass is 814 g/mol. The minimum atomic E-state index is -5.05. The van der Waals surface area contributed by atoms with Crippen molar-refractivity contribution in [2.45, 2.75) is 69.2 Å². The number of hydrogen-bond acceptors (Lipinski definition) is 9. The van der Waals surface area contributed by atoms with E-state index in [1.54, 1.807) is 56.7 Å². The Morgan fingerprint density at radius 2 is 1.80 bits per heavy atom. The molecule has 5 rings (SSSR count). The van der Waals surface area contributed by atoms with E-state index in [0.717, 1.165) is 10.4 Å². The first-order valence-electron chi connectivity index (χ1n) is 17.5. The number of ether oxygens (including phenoxy) is 2. The standard InChI is InChI=1S/C38H45F3N6O5S2Si/c1-25(54-53-7)51-29-21-31(52-30(29)23-50-55(37(2,3)4,27-16-10-8-11-17-27)28-18-12-9-13-19-28)47-22-26(15-14-20-42-35(49)38(39,40)41)32-33(47)44-36(45-34(32)48)43-24-46(5)6/h8-13,16-19,22,24-25,29-31H,20-21,23H2,1-7H3,(H,42,49)(H,44,45,48)/b43-24-/t25-,29+,30+,31+/m0/s1. The van der Waals surface area contributed by atoms with E-state index in [9.17, 15) is 22.8 Å². The molecule has 11 nitrogen and oxygen atoms in total. The molecule has 0 spiro atoms. The second-order valence-electron chi connectivity index (χ2n) is 14.1. The van der Waals surface area contributed by atoms with Gasteiger partial charge in [-0.15, -0.1) is 0 Å². The number of carbonyl (C=O) groups is 1. The third kappa shape index (κ3) is 9.85. The number of fused-ring (bicyclic) bond motifs is 1. The maximum absolute atomic E-state index is 13.5. The van der Waals surface area contributed by atoms with E-state index >= 15 is 0 Å². The number of aromatic nitrogens is 3. The van der Waals surface area contributed by atoms with E-state index < -0.39 is 50.9 Å². The molecule has 1 aliphatic rings. The number of rotatable bonds is 13. The molecule has 55 heavy (non-hydrogen) atoms. The molecule has 1 aliphatic heterocycles. The Morgan fingerprint density at radius 1 is 1.16 bits per heavy atom. The van der Waals surface area contributed by atoms with Crippen molar-refractivity contribution < 1.29 is 31.9 Å². The summed E-state index contributed by atoms with van der Waals surface area (Å²) in [7, 11) is 3.74. The van der Waals surface area contributed by atoms with Crippen LogP contribution in [0.5, 0.6) is 0 Å². The molecule has 2 aromatic heterocycles. The number of H-pyrrole nitrogens is 1. The van der Waals surface area contributed by atoms with Crippen LogP contribution >= 0.6 is 21.6 Å². The summed E-state index contributed by atoms with van der Waals surface area (Å²) < 4.78 is 60.6. The molecule has 294 valence electrons. The lowest BCUT2D eigenvalue weighted by molar-refractivity contribution is -0.173. The summed E-state index contributed by atoms with van der Waals surface area (Å²) in [6.45, 7) is 8.18. The number of nitrogens with zero attached hydrogens (tertiary/aromatic N) is 4. The van der Waals surface area contributed by atoms with Gasteiger partial charge < -0.3 is 28.7 Å². The SMILES string of the molecule is CSS[C@@H](C)O[C@@H]1C[C@H](n2cc(C#CCNC(=O)C(F)(F)F)c3c(=O)[nH]c(/N=C\N(C)C)nc32)O[C@@H]1CO[Si](c1ccccc1)(c1ccccc1)C(C)(C)C. The molecular formula is C38H45F3N6O5S2Si. The summed E-state index contributed by atoms with van der Waals surface area (Å²) in [5, 5.41) is 3.77. The van der Waals surface area contributed by atoms with Gasteiger partial charge in [0.15, 0.2) is 5.65 Å². The number of halogens is 3. The van der Waals surface area contributed by atoms with Crippen molar-refractivity contribution >= 4 is 69.5 Å². The number of benzene rings is 2. The normalized spacial score (nSPS) is 18.3. The number of nitrogens with one attached hydrogen (secondary N) is 2. The third-order valence-electron chi connectivity index (χ3n) is 8.87. The molecule has 0 unspecified atom stereocenters.